The molecule has 3 rings (SSSR count). The highest BCUT2D eigenvalue weighted by Crippen LogP contribution is 2.20. The van der Waals surface area contributed by atoms with Crippen molar-refractivity contribution in [3.05, 3.63) is 65.4 Å². The van der Waals surface area contributed by atoms with E-state index in [1.54, 1.807) is 7.05 Å². The van der Waals surface area contributed by atoms with E-state index in [-0.39, 0.29) is 18.4 Å². The van der Waals surface area contributed by atoms with Gasteiger partial charge >= 0.3 is 0 Å². The Morgan fingerprint density at radius 3 is 2.68 bits per heavy atom. The van der Waals surface area contributed by atoms with Crippen molar-refractivity contribution in [1.29, 1.82) is 0 Å². The largest absolute Gasteiger partial charge is 0.361 e. The second-order valence-corrected chi connectivity index (χ2v) is 7.26. The van der Waals surface area contributed by atoms with Gasteiger partial charge in [0.15, 0.2) is 0 Å². The van der Waals surface area contributed by atoms with E-state index in [4.69, 9.17) is 0 Å². The SMILES string of the molecule is Cc1cccc(NC(=O)CN(C)C(=O)CCCc2c[nH]c3ccccc23)c1C. The van der Waals surface area contributed by atoms with Crippen molar-refractivity contribution in [3.63, 3.8) is 0 Å². The van der Waals surface area contributed by atoms with Crippen LogP contribution in [-0.4, -0.2) is 35.3 Å². The number of para-hydroxylation sites is 1. The molecule has 0 atom stereocenters. The van der Waals surface area contributed by atoms with Crippen molar-refractivity contribution in [2.45, 2.75) is 33.1 Å². The molecule has 0 fully saturated rings. The Balaban J connectivity index is 1.47. The number of nitrogens with zero attached hydrogens (tertiary/aromatic N) is 1. The zero-order valence-corrected chi connectivity index (χ0v) is 16.7. The van der Waals surface area contributed by atoms with Gasteiger partial charge in [-0.2, -0.15) is 0 Å². The highest BCUT2D eigenvalue weighted by Gasteiger charge is 2.14. The van der Waals surface area contributed by atoms with Crippen LogP contribution in [-0.2, 0) is 16.0 Å². The molecule has 0 bridgehead atoms. The van der Waals surface area contributed by atoms with Crippen LogP contribution in [0.3, 0.4) is 0 Å². The maximum absolute atomic E-state index is 12.4. The van der Waals surface area contributed by atoms with Gasteiger partial charge < -0.3 is 15.2 Å². The quantitative estimate of drug-likeness (QED) is 0.648. The average molecular weight is 377 g/mol. The third kappa shape index (κ3) is 4.60. The lowest BCUT2D eigenvalue weighted by molar-refractivity contribution is -0.133. The molecule has 5 heteroatoms. The van der Waals surface area contributed by atoms with E-state index >= 15 is 0 Å². The van der Waals surface area contributed by atoms with E-state index in [1.165, 1.54) is 15.8 Å². The third-order valence-electron chi connectivity index (χ3n) is 5.20. The Morgan fingerprint density at radius 2 is 1.86 bits per heavy atom. The molecule has 0 radical (unpaired) electrons. The fraction of sp³-hybridized carbons (Fsp3) is 0.304. The summed E-state index contributed by atoms with van der Waals surface area (Å²) in [4.78, 5) is 29.4. The summed E-state index contributed by atoms with van der Waals surface area (Å²) in [5, 5.41) is 4.10. The van der Waals surface area contributed by atoms with Gasteiger partial charge in [-0.3, -0.25) is 9.59 Å². The monoisotopic (exact) mass is 377 g/mol. The Labute approximate surface area is 165 Å². The number of carbonyl (C=O) groups is 2. The van der Waals surface area contributed by atoms with Crippen LogP contribution >= 0.6 is 0 Å². The Morgan fingerprint density at radius 1 is 1.07 bits per heavy atom. The Bertz CT molecular complexity index is 990. The van der Waals surface area contributed by atoms with E-state index in [9.17, 15) is 9.59 Å². The molecule has 2 amide bonds. The number of hydrogen-bond acceptors (Lipinski definition) is 2. The molecular formula is C23H27N3O2. The first-order valence-corrected chi connectivity index (χ1v) is 9.60. The van der Waals surface area contributed by atoms with Gasteiger partial charge in [0.2, 0.25) is 11.8 Å². The summed E-state index contributed by atoms with van der Waals surface area (Å²) in [6, 6.07) is 14.0. The summed E-state index contributed by atoms with van der Waals surface area (Å²) >= 11 is 0. The molecule has 1 heterocycles. The molecule has 146 valence electrons. The van der Waals surface area contributed by atoms with Crippen LogP contribution < -0.4 is 5.32 Å². The molecule has 0 aliphatic rings. The molecular weight excluding hydrogens is 350 g/mol. The summed E-state index contributed by atoms with van der Waals surface area (Å²) < 4.78 is 0. The van der Waals surface area contributed by atoms with Crippen LogP contribution in [0.1, 0.15) is 29.5 Å². The van der Waals surface area contributed by atoms with E-state index < -0.39 is 0 Å². The number of benzene rings is 2. The number of fused-ring (bicyclic) bond motifs is 1. The van der Waals surface area contributed by atoms with Crippen LogP contribution in [0.15, 0.2) is 48.7 Å². The lowest BCUT2D eigenvalue weighted by Gasteiger charge is -2.17. The Hall–Kier alpha value is -3.08. The predicted molar refractivity (Wildman–Crippen MR) is 113 cm³/mol. The molecule has 0 spiro atoms. The van der Waals surface area contributed by atoms with Crippen molar-refractivity contribution >= 4 is 28.4 Å². The second kappa shape index (κ2) is 8.74. The smallest absolute Gasteiger partial charge is 0.243 e. The number of hydrogen-bond donors (Lipinski definition) is 2. The molecule has 0 aliphatic carbocycles. The van der Waals surface area contributed by atoms with Gasteiger partial charge in [0.1, 0.15) is 0 Å². The van der Waals surface area contributed by atoms with E-state index in [0.29, 0.717) is 6.42 Å². The average Bonchev–Trinajstić information content (AvgIpc) is 3.08. The number of amides is 2. The number of likely N-dealkylation sites (N-methyl/N-ethyl adjacent to an activating group) is 1. The number of anilines is 1. The fourth-order valence-corrected chi connectivity index (χ4v) is 3.34. The summed E-state index contributed by atoms with van der Waals surface area (Å²) in [5.74, 6) is -0.197. The van der Waals surface area contributed by atoms with Gasteiger partial charge in [-0.1, -0.05) is 30.3 Å². The number of nitrogens with one attached hydrogen (secondary N) is 2. The molecule has 0 saturated heterocycles. The minimum Gasteiger partial charge on any atom is -0.361 e. The van der Waals surface area contributed by atoms with Crippen LogP contribution in [0.5, 0.6) is 0 Å². The molecule has 2 N–H and O–H groups in total. The zero-order valence-electron chi connectivity index (χ0n) is 16.7. The first-order valence-electron chi connectivity index (χ1n) is 9.60. The lowest BCUT2D eigenvalue weighted by Crippen LogP contribution is -2.35. The number of H-pyrrole nitrogens is 1. The third-order valence-corrected chi connectivity index (χ3v) is 5.20. The van der Waals surface area contributed by atoms with Crippen molar-refractivity contribution in [3.8, 4) is 0 Å². The Kier molecular flexibility index (Phi) is 6.14. The second-order valence-electron chi connectivity index (χ2n) is 7.26. The van der Waals surface area contributed by atoms with Crippen molar-refractivity contribution in [1.82, 2.24) is 9.88 Å². The standard InChI is InChI=1S/C23H27N3O2/c1-16-8-6-12-20(17(16)2)25-22(27)15-26(3)23(28)13-7-9-18-14-24-21-11-5-4-10-19(18)21/h4-6,8,10-12,14,24H,7,9,13,15H2,1-3H3,(H,25,27). The maximum atomic E-state index is 12.4. The summed E-state index contributed by atoms with van der Waals surface area (Å²) in [5.41, 5.74) is 5.30. The van der Waals surface area contributed by atoms with Gasteiger partial charge in [-0.05, 0) is 55.5 Å². The molecule has 3 aromatic rings. The van der Waals surface area contributed by atoms with E-state index in [1.807, 2.05) is 56.4 Å². The zero-order chi connectivity index (χ0) is 20.1. The number of aromatic amines is 1. The minimum atomic E-state index is -0.179. The predicted octanol–water partition coefficient (Wildman–Crippen LogP) is 4.20. The van der Waals surface area contributed by atoms with E-state index in [2.05, 4.69) is 16.4 Å². The number of aromatic nitrogens is 1. The highest BCUT2D eigenvalue weighted by atomic mass is 16.2. The van der Waals surface area contributed by atoms with E-state index in [0.717, 1.165) is 35.2 Å². The van der Waals surface area contributed by atoms with Crippen molar-refractivity contribution in [2.24, 2.45) is 0 Å². The van der Waals surface area contributed by atoms with Gasteiger partial charge in [0.05, 0.1) is 6.54 Å². The topological polar surface area (TPSA) is 65.2 Å². The van der Waals surface area contributed by atoms with Crippen LogP contribution in [0.25, 0.3) is 10.9 Å². The molecule has 28 heavy (non-hydrogen) atoms. The summed E-state index contributed by atoms with van der Waals surface area (Å²) in [6.07, 6.45) is 4.02. The van der Waals surface area contributed by atoms with Crippen molar-refractivity contribution in [2.75, 3.05) is 18.9 Å². The molecule has 2 aromatic carbocycles. The molecule has 0 unspecified atom stereocenters. The molecule has 1 aromatic heterocycles. The van der Waals surface area contributed by atoms with Crippen LogP contribution in [0.4, 0.5) is 5.69 Å². The maximum Gasteiger partial charge on any atom is 0.243 e. The first kappa shape index (κ1) is 19.7. The van der Waals surface area contributed by atoms with Crippen LogP contribution in [0, 0.1) is 13.8 Å². The minimum absolute atomic E-state index is 0.0176. The normalized spacial score (nSPS) is 10.8. The fourth-order valence-electron chi connectivity index (χ4n) is 3.34. The number of aryl methyl sites for hydroxylation is 2. The lowest BCUT2D eigenvalue weighted by atomic mass is 10.1. The highest BCUT2D eigenvalue weighted by molar-refractivity contribution is 5.95. The summed E-state index contributed by atoms with van der Waals surface area (Å²) in [7, 11) is 1.68. The number of rotatable bonds is 7. The van der Waals surface area contributed by atoms with Gasteiger partial charge in [0, 0.05) is 36.3 Å². The number of carbonyl (C=O) groups excluding carboxylic acids is 2. The van der Waals surface area contributed by atoms with Crippen LogP contribution in [0.2, 0.25) is 0 Å². The van der Waals surface area contributed by atoms with Gasteiger partial charge in [-0.25, -0.2) is 0 Å². The van der Waals surface area contributed by atoms with Gasteiger partial charge in [-0.15, -0.1) is 0 Å². The molecule has 5 nitrogen and oxygen atoms in total. The van der Waals surface area contributed by atoms with Gasteiger partial charge in [0.25, 0.3) is 0 Å². The summed E-state index contributed by atoms with van der Waals surface area (Å²) in [6.45, 7) is 4.04. The first-order chi connectivity index (χ1) is 13.5. The van der Waals surface area contributed by atoms with Crippen molar-refractivity contribution < 1.29 is 9.59 Å². The molecule has 0 aliphatic heterocycles. The molecule has 0 saturated carbocycles.